The third kappa shape index (κ3) is 19.1. The van der Waals surface area contributed by atoms with Gasteiger partial charge in [-0.05, 0) is 82.5 Å². The van der Waals surface area contributed by atoms with E-state index < -0.39 is 5.72 Å². The maximum atomic E-state index is 6.77. The molecule has 0 fully saturated rings. The molecule has 0 aliphatic carbocycles. The Bertz CT molecular complexity index is 571. The Kier molecular flexibility index (Phi) is 22.4. The summed E-state index contributed by atoms with van der Waals surface area (Å²) in [7, 11) is 0. The minimum Gasteiger partial charge on any atom is -0.375 e. The third-order valence-corrected chi connectivity index (χ3v) is 9.61. The van der Waals surface area contributed by atoms with Crippen molar-refractivity contribution in [2.75, 3.05) is 13.2 Å². The molecule has 0 saturated heterocycles. The first-order valence-electron chi connectivity index (χ1n) is 17.8. The largest absolute Gasteiger partial charge is 0.375 e. The van der Waals surface area contributed by atoms with Crippen LogP contribution in [0.25, 0.3) is 0 Å². The molecule has 2 N–H and O–H groups in total. The van der Waals surface area contributed by atoms with E-state index >= 15 is 0 Å². The molecule has 40 heavy (non-hydrogen) atoms. The van der Waals surface area contributed by atoms with Gasteiger partial charge in [0.1, 0.15) is 5.72 Å². The van der Waals surface area contributed by atoms with Crippen LogP contribution < -0.4 is 5.73 Å². The normalized spacial score (nSPS) is 17.2. The molecule has 0 aromatic heterocycles. The summed E-state index contributed by atoms with van der Waals surface area (Å²) < 4.78 is 13.0. The summed E-state index contributed by atoms with van der Waals surface area (Å²) in [5.41, 5.74) is 6.18. The van der Waals surface area contributed by atoms with E-state index in [9.17, 15) is 0 Å². The van der Waals surface area contributed by atoms with Gasteiger partial charge in [-0.15, -0.1) is 0 Å². The van der Waals surface area contributed by atoms with Crippen molar-refractivity contribution in [2.24, 2.45) is 41.2 Å². The molecule has 0 aliphatic rings. The molecular weight excluding hydrogens is 490 g/mol. The van der Waals surface area contributed by atoms with Gasteiger partial charge in [-0.2, -0.15) is 0 Å². The summed E-state index contributed by atoms with van der Waals surface area (Å²) in [6.45, 7) is 27.2. The van der Waals surface area contributed by atoms with Gasteiger partial charge in [0.05, 0.1) is 5.60 Å². The van der Waals surface area contributed by atoms with Crippen molar-refractivity contribution < 1.29 is 9.47 Å². The zero-order chi connectivity index (χ0) is 30.6. The molecule has 0 radical (unpaired) electrons. The van der Waals surface area contributed by atoms with Crippen molar-refractivity contribution in [3.05, 3.63) is 0 Å². The highest BCUT2D eigenvalue weighted by Crippen LogP contribution is 2.34. The monoisotopic (exact) mass is 568 g/mol. The molecule has 0 rings (SSSR count). The van der Waals surface area contributed by atoms with E-state index in [0.717, 1.165) is 31.5 Å². The van der Waals surface area contributed by atoms with Crippen molar-refractivity contribution in [3.8, 4) is 0 Å². The minimum atomic E-state index is -0.509. The maximum absolute atomic E-state index is 6.77. The quantitative estimate of drug-likeness (QED) is 0.0793. The number of unbranched alkanes of at least 4 members (excludes halogenated alkanes) is 4. The fraction of sp³-hybridized carbons (Fsp3) is 1.00. The molecule has 0 aromatic carbocycles. The second-order valence-corrected chi connectivity index (χ2v) is 15.1. The van der Waals surface area contributed by atoms with E-state index in [4.69, 9.17) is 15.2 Å². The SMILES string of the molecule is CCCCCC(CCCC)C(C)(N)OCCC(C)CCC(C(C)C)C(C)(C)OCCCCC(C)CCCC(C)C. The first kappa shape index (κ1) is 39.9. The molecule has 3 heteroatoms. The third-order valence-electron chi connectivity index (χ3n) is 9.61. The van der Waals surface area contributed by atoms with Crippen LogP contribution in [0.5, 0.6) is 0 Å². The summed E-state index contributed by atoms with van der Waals surface area (Å²) in [4.78, 5) is 0. The van der Waals surface area contributed by atoms with Crippen molar-refractivity contribution in [3.63, 3.8) is 0 Å². The second kappa shape index (κ2) is 22.4. The Labute approximate surface area is 253 Å². The first-order valence-corrected chi connectivity index (χ1v) is 17.8. The van der Waals surface area contributed by atoms with Gasteiger partial charge in [0.25, 0.3) is 0 Å². The van der Waals surface area contributed by atoms with Crippen LogP contribution in [-0.4, -0.2) is 24.5 Å². The van der Waals surface area contributed by atoms with E-state index in [0.29, 0.717) is 23.7 Å². The van der Waals surface area contributed by atoms with Gasteiger partial charge in [0.2, 0.25) is 0 Å². The number of hydrogen-bond acceptors (Lipinski definition) is 3. The molecule has 0 heterocycles. The topological polar surface area (TPSA) is 44.5 Å². The van der Waals surface area contributed by atoms with Crippen LogP contribution in [-0.2, 0) is 9.47 Å². The fourth-order valence-electron chi connectivity index (χ4n) is 6.55. The predicted molar refractivity (Wildman–Crippen MR) is 179 cm³/mol. The van der Waals surface area contributed by atoms with Gasteiger partial charge in [-0.1, -0.05) is 126 Å². The zero-order valence-electron chi connectivity index (χ0n) is 29.6. The number of rotatable bonds is 27. The van der Waals surface area contributed by atoms with Crippen LogP contribution in [0.15, 0.2) is 0 Å². The van der Waals surface area contributed by atoms with E-state index in [1.54, 1.807) is 0 Å². The average molecular weight is 568 g/mol. The number of nitrogens with two attached hydrogens (primary N) is 1. The van der Waals surface area contributed by atoms with Gasteiger partial charge >= 0.3 is 0 Å². The Hall–Kier alpha value is -0.120. The summed E-state index contributed by atoms with van der Waals surface area (Å²) in [6, 6.07) is 0. The average Bonchev–Trinajstić information content (AvgIpc) is 2.85. The molecule has 5 atom stereocenters. The smallest absolute Gasteiger partial charge is 0.116 e. The van der Waals surface area contributed by atoms with Gasteiger partial charge < -0.3 is 15.2 Å². The van der Waals surface area contributed by atoms with Crippen molar-refractivity contribution in [2.45, 2.75) is 190 Å². The fourth-order valence-corrected chi connectivity index (χ4v) is 6.55. The molecular formula is C37H77NO2. The Morgan fingerprint density at radius 2 is 1.12 bits per heavy atom. The summed E-state index contributed by atoms with van der Waals surface area (Å²) in [6.07, 6.45) is 20.2. The minimum absolute atomic E-state index is 0.0753. The van der Waals surface area contributed by atoms with Crippen LogP contribution in [0.3, 0.4) is 0 Å². The molecule has 3 nitrogen and oxygen atoms in total. The van der Waals surface area contributed by atoms with Gasteiger partial charge in [0, 0.05) is 19.1 Å². The van der Waals surface area contributed by atoms with E-state index in [2.05, 4.69) is 76.2 Å². The Morgan fingerprint density at radius 1 is 0.550 bits per heavy atom. The molecule has 0 bridgehead atoms. The zero-order valence-corrected chi connectivity index (χ0v) is 29.6. The van der Waals surface area contributed by atoms with Crippen LogP contribution >= 0.6 is 0 Å². The molecule has 0 aliphatic heterocycles. The number of ether oxygens (including phenoxy) is 2. The van der Waals surface area contributed by atoms with Crippen molar-refractivity contribution >= 4 is 0 Å². The lowest BCUT2D eigenvalue weighted by Gasteiger charge is -2.38. The van der Waals surface area contributed by atoms with E-state index in [1.807, 2.05) is 0 Å². The Balaban J connectivity index is 4.52. The molecule has 0 saturated carbocycles. The van der Waals surface area contributed by atoms with Crippen LogP contribution in [0.4, 0.5) is 0 Å². The molecule has 0 aromatic rings. The number of hydrogen-bond donors (Lipinski definition) is 1. The van der Waals surface area contributed by atoms with Crippen molar-refractivity contribution in [1.82, 2.24) is 0 Å². The highest BCUT2D eigenvalue weighted by Gasteiger charge is 2.33. The molecule has 5 unspecified atom stereocenters. The van der Waals surface area contributed by atoms with Crippen LogP contribution in [0.2, 0.25) is 0 Å². The lowest BCUT2D eigenvalue weighted by atomic mass is 9.77. The highest BCUT2D eigenvalue weighted by atomic mass is 16.5. The molecule has 242 valence electrons. The van der Waals surface area contributed by atoms with Gasteiger partial charge in [-0.25, -0.2) is 0 Å². The lowest BCUT2D eigenvalue weighted by molar-refractivity contribution is -0.0834. The molecule has 0 amide bonds. The highest BCUT2D eigenvalue weighted by molar-refractivity contribution is 4.83. The predicted octanol–water partition coefficient (Wildman–Crippen LogP) is 11.6. The molecule has 0 spiro atoms. The van der Waals surface area contributed by atoms with E-state index in [-0.39, 0.29) is 5.60 Å². The second-order valence-electron chi connectivity index (χ2n) is 15.1. The van der Waals surface area contributed by atoms with E-state index in [1.165, 1.54) is 96.3 Å². The van der Waals surface area contributed by atoms with Crippen molar-refractivity contribution in [1.29, 1.82) is 0 Å². The Morgan fingerprint density at radius 3 is 1.73 bits per heavy atom. The summed E-state index contributed by atoms with van der Waals surface area (Å²) >= 11 is 0. The lowest BCUT2D eigenvalue weighted by Crippen LogP contribution is -2.47. The maximum Gasteiger partial charge on any atom is 0.116 e. The first-order chi connectivity index (χ1) is 18.8. The van der Waals surface area contributed by atoms with Gasteiger partial charge in [0.15, 0.2) is 0 Å². The summed E-state index contributed by atoms with van der Waals surface area (Å²) in [5.74, 6) is 3.98. The summed E-state index contributed by atoms with van der Waals surface area (Å²) in [5, 5.41) is 0. The van der Waals surface area contributed by atoms with Crippen LogP contribution in [0.1, 0.15) is 179 Å². The van der Waals surface area contributed by atoms with Gasteiger partial charge in [-0.3, -0.25) is 0 Å². The standard InChI is InChI=1S/C37H77NO2/c1-12-14-16-24-34(23-15-13-2)37(11,38)40-29-27-33(8)25-26-35(31(5)6)36(9,10)39-28-18-17-21-32(7)22-19-20-30(3)4/h30-35H,12-29,38H2,1-11H3. The van der Waals surface area contributed by atoms with Crippen LogP contribution in [0, 0.1) is 35.5 Å².